The van der Waals surface area contributed by atoms with Crippen LogP contribution in [0.1, 0.15) is 29.3 Å². The summed E-state index contributed by atoms with van der Waals surface area (Å²) in [6, 6.07) is -0.339. The standard InChI is InChI=1S/C7H9N7OS/c1-3(5-11-13-14-12-5)9-6(15)4-2-16-7(8)10-4/h2-3H,1H3,(H2,8,10)(H,9,15)(H,11,12,13,14). The number of rotatable bonds is 3. The van der Waals surface area contributed by atoms with Crippen LogP contribution in [0.15, 0.2) is 5.38 Å². The van der Waals surface area contributed by atoms with E-state index >= 15 is 0 Å². The van der Waals surface area contributed by atoms with E-state index in [0.717, 1.165) is 0 Å². The Labute approximate surface area is 94.3 Å². The molecular formula is C7H9N7OS. The van der Waals surface area contributed by atoms with Gasteiger partial charge in [-0.1, -0.05) is 5.21 Å². The molecule has 1 atom stereocenters. The Bertz CT molecular complexity index is 479. The molecule has 2 heterocycles. The summed E-state index contributed by atoms with van der Waals surface area (Å²) < 4.78 is 0. The number of nitrogens with one attached hydrogen (secondary N) is 2. The molecule has 8 nitrogen and oxygen atoms in total. The average molecular weight is 239 g/mol. The lowest BCUT2D eigenvalue weighted by atomic mass is 10.3. The zero-order valence-corrected chi connectivity index (χ0v) is 9.15. The van der Waals surface area contributed by atoms with Crippen LogP contribution >= 0.6 is 11.3 Å². The van der Waals surface area contributed by atoms with Crippen molar-refractivity contribution in [2.75, 3.05) is 5.73 Å². The maximum absolute atomic E-state index is 11.7. The van der Waals surface area contributed by atoms with Gasteiger partial charge in [-0.05, 0) is 6.92 Å². The molecule has 0 radical (unpaired) electrons. The normalized spacial score (nSPS) is 12.3. The predicted molar refractivity (Wildman–Crippen MR) is 56.6 cm³/mol. The molecule has 0 fully saturated rings. The predicted octanol–water partition coefficient (Wildman–Crippen LogP) is -0.271. The molecule has 2 aromatic rings. The third-order valence-corrected chi connectivity index (χ3v) is 2.53. The lowest BCUT2D eigenvalue weighted by Gasteiger charge is -2.07. The second kappa shape index (κ2) is 4.23. The van der Waals surface area contributed by atoms with E-state index in [9.17, 15) is 4.79 Å². The molecule has 0 saturated heterocycles. The van der Waals surface area contributed by atoms with E-state index in [4.69, 9.17) is 5.73 Å². The number of H-pyrrole nitrogens is 1. The number of carbonyl (C=O) groups is 1. The fourth-order valence-electron chi connectivity index (χ4n) is 1.08. The van der Waals surface area contributed by atoms with Gasteiger partial charge in [0.25, 0.3) is 5.91 Å². The summed E-state index contributed by atoms with van der Waals surface area (Å²) in [6.07, 6.45) is 0. The highest BCUT2D eigenvalue weighted by atomic mass is 32.1. The number of carbonyl (C=O) groups excluding carboxylic acids is 1. The van der Waals surface area contributed by atoms with Crippen LogP contribution in [0.5, 0.6) is 0 Å². The van der Waals surface area contributed by atoms with Gasteiger partial charge < -0.3 is 11.1 Å². The summed E-state index contributed by atoms with van der Waals surface area (Å²) in [6.45, 7) is 1.75. The van der Waals surface area contributed by atoms with Gasteiger partial charge in [-0.25, -0.2) is 4.98 Å². The quantitative estimate of drug-likeness (QED) is 0.677. The molecule has 0 aliphatic carbocycles. The largest absolute Gasteiger partial charge is 0.375 e. The summed E-state index contributed by atoms with van der Waals surface area (Å²) in [4.78, 5) is 15.5. The lowest BCUT2D eigenvalue weighted by molar-refractivity contribution is 0.0934. The lowest BCUT2D eigenvalue weighted by Crippen LogP contribution is -2.27. The van der Waals surface area contributed by atoms with Crippen molar-refractivity contribution in [2.24, 2.45) is 0 Å². The van der Waals surface area contributed by atoms with Crippen LogP contribution in [0.25, 0.3) is 0 Å². The number of aromatic amines is 1. The number of aromatic nitrogens is 5. The highest BCUT2D eigenvalue weighted by molar-refractivity contribution is 7.13. The summed E-state index contributed by atoms with van der Waals surface area (Å²) in [5.41, 5.74) is 5.72. The summed E-state index contributed by atoms with van der Waals surface area (Å²) in [5.74, 6) is 0.0989. The number of nitrogen functional groups attached to an aromatic ring is 1. The second-order valence-corrected chi connectivity index (χ2v) is 3.93. The van der Waals surface area contributed by atoms with Gasteiger partial charge in [0.1, 0.15) is 5.69 Å². The summed E-state index contributed by atoms with van der Waals surface area (Å²) in [7, 11) is 0. The Hall–Kier alpha value is -2.03. The zero-order chi connectivity index (χ0) is 11.5. The molecule has 2 rings (SSSR count). The number of nitrogens with zero attached hydrogens (tertiary/aromatic N) is 4. The van der Waals surface area contributed by atoms with Crippen molar-refractivity contribution in [1.29, 1.82) is 0 Å². The van der Waals surface area contributed by atoms with Gasteiger partial charge >= 0.3 is 0 Å². The van der Waals surface area contributed by atoms with Crippen molar-refractivity contribution < 1.29 is 4.79 Å². The Morgan fingerprint density at radius 3 is 3.06 bits per heavy atom. The Morgan fingerprint density at radius 2 is 2.50 bits per heavy atom. The number of hydrogen-bond acceptors (Lipinski definition) is 7. The minimum atomic E-state index is -0.339. The Morgan fingerprint density at radius 1 is 1.69 bits per heavy atom. The van der Waals surface area contributed by atoms with Crippen molar-refractivity contribution in [3.63, 3.8) is 0 Å². The van der Waals surface area contributed by atoms with E-state index in [1.807, 2.05) is 0 Å². The Balaban J connectivity index is 2.03. The van der Waals surface area contributed by atoms with Gasteiger partial charge in [-0.3, -0.25) is 4.79 Å². The monoisotopic (exact) mass is 239 g/mol. The molecular weight excluding hydrogens is 230 g/mol. The van der Waals surface area contributed by atoms with Gasteiger partial charge in [0.2, 0.25) is 0 Å². The molecule has 0 saturated carbocycles. The van der Waals surface area contributed by atoms with Gasteiger partial charge in [-0.15, -0.1) is 21.5 Å². The van der Waals surface area contributed by atoms with E-state index in [1.165, 1.54) is 11.3 Å². The van der Waals surface area contributed by atoms with Gasteiger partial charge in [0.15, 0.2) is 11.0 Å². The second-order valence-electron chi connectivity index (χ2n) is 3.04. The SMILES string of the molecule is CC(NC(=O)c1csc(N)n1)c1nn[nH]n1. The molecule has 0 aliphatic rings. The fourth-order valence-corrected chi connectivity index (χ4v) is 1.62. The molecule has 84 valence electrons. The first-order valence-corrected chi connectivity index (χ1v) is 5.30. The number of nitrogens with two attached hydrogens (primary N) is 1. The van der Waals surface area contributed by atoms with Crippen LogP contribution in [-0.4, -0.2) is 31.5 Å². The molecule has 9 heteroatoms. The van der Waals surface area contributed by atoms with Crippen LogP contribution in [0.3, 0.4) is 0 Å². The number of thiazole rings is 1. The van der Waals surface area contributed by atoms with Gasteiger partial charge in [0.05, 0.1) is 6.04 Å². The first-order chi connectivity index (χ1) is 7.66. The van der Waals surface area contributed by atoms with E-state index in [0.29, 0.717) is 11.0 Å². The topological polar surface area (TPSA) is 122 Å². The third-order valence-electron chi connectivity index (χ3n) is 1.85. The third kappa shape index (κ3) is 2.14. The first kappa shape index (κ1) is 10.5. The van der Waals surface area contributed by atoms with Crippen molar-refractivity contribution >= 4 is 22.4 Å². The van der Waals surface area contributed by atoms with Crippen LogP contribution < -0.4 is 11.1 Å². The van der Waals surface area contributed by atoms with Crippen molar-refractivity contribution in [1.82, 2.24) is 30.9 Å². The number of anilines is 1. The zero-order valence-electron chi connectivity index (χ0n) is 8.34. The molecule has 4 N–H and O–H groups in total. The number of amides is 1. The van der Waals surface area contributed by atoms with Crippen molar-refractivity contribution in [3.8, 4) is 0 Å². The molecule has 16 heavy (non-hydrogen) atoms. The molecule has 0 aliphatic heterocycles. The van der Waals surface area contributed by atoms with E-state index < -0.39 is 0 Å². The molecule has 1 amide bonds. The highest BCUT2D eigenvalue weighted by Gasteiger charge is 2.16. The van der Waals surface area contributed by atoms with E-state index in [-0.39, 0.29) is 17.6 Å². The average Bonchev–Trinajstić information content (AvgIpc) is 2.87. The smallest absolute Gasteiger partial charge is 0.271 e. The molecule has 0 spiro atoms. The van der Waals surface area contributed by atoms with Crippen molar-refractivity contribution in [2.45, 2.75) is 13.0 Å². The van der Waals surface area contributed by atoms with Crippen LogP contribution in [-0.2, 0) is 0 Å². The first-order valence-electron chi connectivity index (χ1n) is 4.42. The highest BCUT2D eigenvalue weighted by Crippen LogP contribution is 2.12. The molecule has 1 unspecified atom stereocenters. The minimum Gasteiger partial charge on any atom is -0.375 e. The minimum absolute atomic E-state index is 0.290. The number of tetrazole rings is 1. The molecule has 0 aromatic carbocycles. The van der Waals surface area contributed by atoms with Gasteiger partial charge in [-0.2, -0.15) is 5.21 Å². The van der Waals surface area contributed by atoms with E-state index in [2.05, 4.69) is 30.9 Å². The maximum Gasteiger partial charge on any atom is 0.271 e. The maximum atomic E-state index is 11.7. The fraction of sp³-hybridized carbons (Fsp3) is 0.286. The van der Waals surface area contributed by atoms with Crippen LogP contribution in [0, 0.1) is 0 Å². The summed E-state index contributed by atoms with van der Waals surface area (Å²) >= 11 is 1.21. The van der Waals surface area contributed by atoms with Crippen LogP contribution in [0.4, 0.5) is 5.13 Å². The van der Waals surface area contributed by atoms with Crippen LogP contribution in [0.2, 0.25) is 0 Å². The van der Waals surface area contributed by atoms with E-state index in [1.54, 1.807) is 12.3 Å². The number of hydrogen-bond donors (Lipinski definition) is 3. The van der Waals surface area contributed by atoms with Crippen molar-refractivity contribution in [3.05, 3.63) is 16.9 Å². The molecule has 0 bridgehead atoms. The molecule has 2 aromatic heterocycles. The summed E-state index contributed by atoms with van der Waals surface area (Å²) in [5, 5.41) is 17.9. The van der Waals surface area contributed by atoms with Gasteiger partial charge in [0, 0.05) is 5.38 Å². The Kier molecular flexibility index (Phi) is 2.77.